The fourth-order valence-electron chi connectivity index (χ4n) is 2.19. The van der Waals surface area contributed by atoms with E-state index in [9.17, 15) is 5.11 Å². The third-order valence-corrected chi connectivity index (χ3v) is 4.87. The molecule has 0 amide bonds. The van der Waals surface area contributed by atoms with Crippen LogP contribution in [-0.2, 0) is 0 Å². The number of aliphatic hydroxyl groups excluding tert-OH is 1. The van der Waals surface area contributed by atoms with E-state index in [-0.39, 0.29) is 18.1 Å². The van der Waals surface area contributed by atoms with Gasteiger partial charge in [0.15, 0.2) is 0 Å². The van der Waals surface area contributed by atoms with Crippen LogP contribution in [0.2, 0.25) is 0 Å². The minimum absolute atomic E-state index is 0.00717. The number of thiazole rings is 1. The van der Waals surface area contributed by atoms with Crippen molar-refractivity contribution >= 4 is 11.3 Å². The van der Waals surface area contributed by atoms with E-state index in [4.69, 9.17) is 0 Å². The van der Waals surface area contributed by atoms with Gasteiger partial charge in [-0.05, 0) is 33.6 Å². The average Bonchev–Trinajstić information content (AvgIpc) is 2.70. The van der Waals surface area contributed by atoms with E-state index < -0.39 is 0 Å². The van der Waals surface area contributed by atoms with Crippen molar-refractivity contribution in [1.82, 2.24) is 10.3 Å². The molecule has 1 unspecified atom stereocenters. The second-order valence-electron chi connectivity index (χ2n) is 5.14. The monoisotopic (exact) mass is 270 g/mol. The predicted molar refractivity (Wildman–Crippen MR) is 78.1 cm³/mol. The number of nitrogens with one attached hydrogen (secondary N) is 1. The third kappa shape index (κ3) is 3.53. The molecular weight excluding hydrogens is 244 g/mol. The minimum Gasteiger partial charge on any atom is -0.396 e. The first-order valence-electron chi connectivity index (χ1n) is 6.76. The molecule has 104 valence electrons. The number of hydrogen-bond donors (Lipinski definition) is 2. The maximum atomic E-state index is 9.57. The molecule has 1 rings (SSSR count). The van der Waals surface area contributed by atoms with Gasteiger partial charge in [-0.25, -0.2) is 4.98 Å². The first-order chi connectivity index (χ1) is 8.48. The first-order valence-corrected chi connectivity index (χ1v) is 7.57. The van der Waals surface area contributed by atoms with Crippen molar-refractivity contribution in [2.75, 3.05) is 13.2 Å². The van der Waals surface area contributed by atoms with Crippen molar-refractivity contribution in [2.45, 2.75) is 53.5 Å². The summed E-state index contributed by atoms with van der Waals surface area (Å²) in [6, 6.07) is 0.249. The van der Waals surface area contributed by atoms with Crippen LogP contribution in [0.3, 0.4) is 0 Å². The van der Waals surface area contributed by atoms with Crippen molar-refractivity contribution in [2.24, 2.45) is 5.41 Å². The summed E-state index contributed by atoms with van der Waals surface area (Å²) >= 11 is 1.75. The molecule has 0 aliphatic heterocycles. The summed E-state index contributed by atoms with van der Waals surface area (Å²) < 4.78 is 0. The van der Waals surface area contributed by atoms with Crippen LogP contribution < -0.4 is 5.32 Å². The van der Waals surface area contributed by atoms with Gasteiger partial charge in [0.2, 0.25) is 0 Å². The maximum absolute atomic E-state index is 9.57. The predicted octanol–water partition coefficient (Wildman–Crippen LogP) is 3.21. The molecule has 0 radical (unpaired) electrons. The Morgan fingerprint density at radius 2 is 1.94 bits per heavy atom. The number of aromatic nitrogens is 1. The van der Waals surface area contributed by atoms with Gasteiger partial charge in [0, 0.05) is 29.5 Å². The Bertz CT molecular complexity index is 364. The van der Waals surface area contributed by atoms with Crippen LogP contribution in [0.1, 0.15) is 55.2 Å². The molecule has 0 fully saturated rings. The van der Waals surface area contributed by atoms with Crippen molar-refractivity contribution in [1.29, 1.82) is 0 Å². The summed E-state index contributed by atoms with van der Waals surface area (Å²) in [7, 11) is 0. The summed E-state index contributed by atoms with van der Waals surface area (Å²) in [5.74, 6) is 0. The van der Waals surface area contributed by atoms with Crippen molar-refractivity contribution in [3.8, 4) is 0 Å². The average molecular weight is 270 g/mol. The lowest BCUT2D eigenvalue weighted by molar-refractivity contribution is 0.110. The highest BCUT2D eigenvalue weighted by Crippen LogP contribution is 2.27. The van der Waals surface area contributed by atoms with Crippen molar-refractivity contribution in [3.63, 3.8) is 0 Å². The minimum atomic E-state index is 0.00717. The summed E-state index contributed by atoms with van der Waals surface area (Å²) in [6.45, 7) is 11.7. The van der Waals surface area contributed by atoms with E-state index in [0.29, 0.717) is 0 Å². The Hall–Kier alpha value is -0.450. The first kappa shape index (κ1) is 15.6. The Morgan fingerprint density at radius 1 is 1.33 bits per heavy atom. The topological polar surface area (TPSA) is 45.1 Å². The molecule has 1 aromatic rings. The van der Waals surface area contributed by atoms with E-state index >= 15 is 0 Å². The van der Waals surface area contributed by atoms with Crippen LogP contribution >= 0.6 is 11.3 Å². The summed E-state index contributed by atoms with van der Waals surface area (Å²) in [5, 5.41) is 14.2. The molecule has 4 heteroatoms. The van der Waals surface area contributed by atoms with E-state index in [0.717, 1.165) is 30.1 Å². The zero-order valence-electron chi connectivity index (χ0n) is 12.2. The molecule has 3 nitrogen and oxygen atoms in total. The number of aryl methyl sites for hydroxylation is 2. The molecule has 2 N–H and O–H groups in total. The zero-order valence-corrected chi connectivity index (χ0v) is 13.0. The normalized spacial score (nSPS) is 13.9. The van der Waals surface area contributed by atoms with Gasteiger partial charge < -0.3 is 10.4 Å². The number of hydrogen-bond acceptors (Lipinski definition) is 4. The van der Waals surface area contributed by atoms with Gasteiger partial charge in [0.25, 0.3) is 0 Å². The largest absolute Gasteiger partial charge is 0.396 e. The Labute approximate surface area is 115 Å². The van der Waals surface area contributed by atoms with Crippen LogP contribution in [0, 0.1) is 19.3 Å². The lowest BCUT2D eigenvalue weighted by Crippen LogP contribution is -2.37. The highest BCUT2D eigenvalue weighted by Gasteiger charge is 2.26. The summed E-state index contributed by atoms with van der Waals surface area (Å²) in [6.07, 6.45) is 1.99. The maximum Gasteiger partial charge on any atom is 0.0900 e. The lowest BCUT2D eigenvalue weighted by Gasteiger charge is -2.31. The van der Waals surface area contributed by atoms with Crippen molar-refractivity contribution < 1.29 is 5.11 Å². The van der Waals surface area contributed by atoms with E-state index in [1.54, 1.807) is 11.3 Å². The van der Waals surface area contributed by atoms with Gasteiger partial charge >= 0.3 is 0 Å². The molecule has 0 bridgehead atoms. The second kappa shape index (κ2) is 6.64. The molecule has 0 aromatic carbocycles. The zero-order chi connectivity index (χ0) is 13.8. The van der Waals surface area contributed by atoms with Crippen LogP contribution in [0.25, 0.3) is 0 Å². The molecule has 0 aliphatic rings. The number of aliphatic hydroxyl groups is 1. The van der Waals surface area contributed by atoms with Crippen LogP contribution in [0.15, 0.2) is 0 Å². The van der Waals surface area contributed by atoms with Crippen molar-refractivity contribution in [3.05, 3.63) is 15.6 Å². The van der Waals surface area contributed by atoms with Crippen LogP contribution in [-0.4, -0.2) is 23.2 Å². The SMILES string of the molecule is CCC(CC)(CO)CNC(C)c1nc(C)sc1C. The lowest BCUT2D eigenvalue weighted by atomic mass is 9.83. The van der Waals surface area contributed by atoms with Gasteiger partial charge in [-0.2, -0.15) is 0 Å². The quantitative estimate of drug-likeness (QED) is 0.799. The van der Waals surface area contributed by atoms with Crippen LogP contribution in [0.5, 0.6) is 0 Å². The summed E-state index contributed by atoms with van der Waals surface area (Å²) in [5.41, 5.74) is 1.16. The van der Waals surface area contributed by atoms with Gasteiger partial charge in [0.1, 0.15) is 0 Å². The molecule has 0 saturated carbocycles. The number of rotatable bonds is 7. The summed E-state index contributed by atoms with van der Waals surface area (Å²) in [4.78, 5) is 5.87. The van der Waals surface area contributed by atoms with Gasteiger partial charge in [-0.15, -0.1) is 11.3 Å². The standard InChI is InChI=1S/C14H26N2OS/c1-6-14(7-2,9-17)8-15-10(3)13-11(4)18-12(5)16-13/h10,15,17H,6-9H2,1-5H3. The molecule has 0 saturated heterocycles. The van der Waals surface area contributed by atoms with Gasteiger partial charge in [-0.3, -0.25) is 0 Å². The fraction of sp³-hybridized carbons (Fsp3) is 0.786. The number of nitrogens with zero attached hydrogens (tertiary/aromatic N) is 1. The highest BCUT2D eigenvalue weighted by molar-refractivity contribution is 7.11. The van der Waals surface area contributed by atoms with Gasteiger partial charge in [0.05, 0.1) is 10.7 Å². The molecule has 0 aliphatic carbocycles. The van der Waals surface area contributed by atoms with E-state index in [1.807, 2.05) is 6.92 Å². The molecule has 0 spiro atoms. The van der Waals surface area contributed by atoms with E-state index in [2.05, 4.69) is 38.0 Å². The van der Waals surface area contributed by atoms with Crippen LogP contribution in [0.4, 0.5) is 0 Å². The third-order valence-electron chi connectivity index (χ3n) is 3.97. The van der Waals surface area contributed by atoms with E-state index in [1.165, 1.54) is 4.88 Å². The Morgan fingerprint density at radius 3 is 2.33 bits per heavy atom. The molecule has 1 aromatic heterocycles. The Balaban J connectivity index is 2.65. The van der Waals surface area contributed by atoms with Gasteiger partial charge in [-0.1, -0.05) is 13.8 Å². The smallest absolute Gasteiger partial charge is 0.0900 e. The molecule has 1 atom stereocenters. The molecular formula is C14H26N2OS. The molecule has 18 heavy (non-hydrogen) atoms. The highest BCUT2D eigenvalue weighted by atomic mass is 32.1. The fourth-order valence-corrected chi connectivity index (χ4v) is 3.11. The second-order valence-corrected chi connectivity index (χ2v) is 6.55. The molecule has 1 heterocycles. The Kier molecular flexibility index (Phi) is 5.76.